The van der Waals surface area contributed by atoms with Gasteiger partial charge < -0.3 is 9.47 Å². The summed E-state index contributed by atoms with van der Waals surface area (Å²) in [6.45, 7) is 5.58. The molecule has 0 N–H and O–H groups in total. The van der Waals surface area contributed by atoms with Crippen LogP contribution in [0.1, 0.15) is 12.8 Å². The predicted octanol–water partition coefficient (Wildman–Crippen LogP) is 3.48. The summed E-state index contributed by atoms with van der Waals surface area (Å²) < 4.78 is 11.0. The zero-order valence-corrected chi connectivity index (χ0v) is 12.4. The van der Waals surface area contributed by atoms with Gasteiger partial charge in [-0.3, -0.25) is 4.90 Å². The van der Waals surface area contributed by atoms with Gasteiger partial charge in [0.2, 0.25) is 0 Å². The van der Waals surface area contributed by atoms with Gasteiger partial charge in [-0.1, -0.05) is 23.2 Å². The molecular formula is C14H19Cl2NO2. The second-order valence-electron chi connectivity index (χ2n) is 4.58. The first-order valence-electron chi connectivity index (χ1n) is 6.63. The van der Waals surface area contributed by atoms with E-state index in [1.807, 2.05) is 0 Å². The quantitative estimate of drug-likeness (QED) is 0.751. The SMILES string of the molecule is Clc1ccc(Cl)c(OCCCCN2CCOCC2)c1. The molecule has 19 heavy (non-hydrogen) atoms. The van der Waals surface area contributed by atoms with E-state index in [2.05, 4.69) is 4.90 Å². The number of halogens is 2. The fourth-order valence-electron chi connectivity index (χ4n) is 2.03. The van der Waals surface area contributed by atoms with E-state index in [1.165, 1.54) is 0 Å². The standard InChI is InChI=1S/C14H19Cl2NO2/c15-12-3-4-13(16)14(11-12)19-8-2-1-5-17-6-9-18-10-7-17/h3-4,11H,1-2,5-10H2. The fraction of sp³-hybridized carbons (Fsp3) is 0.571. The summed E-state index contributed by atoms with van der Waals surface area (Å²) in [5.74, 6) is 0.667. The second-order valence-corrected chi connectivity index (χ2v) is 5.43. The molecule has 0 amide bonds. The van der Waals surface area contributed by atoms with E-state index >= 15 is 0 Å². The summed E-state index contributed by atoms with van der Waals surface area (Å²) in [5, 5.41) is 1.25. The van der Waals surface area contributed by atoms with Crippen LogP contribution in [0.2, 0.25) is 10.0 Å². The van der Waals surface area contributed by atoms with Gasteiger partial charge in [0, 0.05) is 24.2 Å². The number of unbranched alkanes of at least 4 members (excludes halogenated alkanes) is 1. The largest absolute Gasteiger partial charge is 0.492 e. The Morgan fingerprint density at radius 3 is 2.74 bits per heavy atom. The van der Waals surface area contributed by atoms with Gasteiger partial charge in [-0.05, 0) is 31.5 Å². The number of morpholine rings is 1. The van der Waals surface area contributed by atoms with E-state index in [1.54, 1.807) is 18.2 Å². The van der Waals surface area contributed by atoms with Crippen LogP contribution in [-0.2, 0) is 4.74 Å². The van der Waals surface area contributed by atoms with Crippen LogP contribution < -0.4 is 4.74 Å². The van der Waals surface area contributed by atoms with Crippen molar-refractivity contribution in [2.24, 2.45) is 0 Å². The highest BCUT2D eigenvalue weighted by Gasteiger charge is 2.09. The third-order valence-electron chi connectivity index (χ3n) is 3.12. The maximum atomic E-state index is 6.03. The maximum Gasteiger partial charge on any atom is 0.139 e. The van der Waals surface area contributed by atoms with Crippen LogP contribution in [0.4, 0.5) is 0 Å². The van der Waals surface area contributed by atoms with Gasteiger partial charge >= 0.3 is 0 Å². The van der Waals surface area contributed by atoms with E-state index in [4.69, 9.17) is 32.7 Å². The molecule has 0 radical (unpaired) electrons. The van der Waals surface area contributed by atoms with E-state index in [-0.39, 0.29) is 0 Å². The summed E-state index contributed by atoms with van der Waals surface area (Å²) in [4.78, 5) is 2.43. The lowest BCUT2D eigenvalue weighted by atomic mass is 10.3. The average Bonchev–Trinajstić information content (AvgIpc) is 2.43. The molecule has 2 rings (SSSR count). The van der Waals surface area contributed by atoms with Crippen molar-refractivity contribution < 1.29 is 9.47 Å². The topological polar surface area (TPSA) is 21.7 Å². The van der Waals surface area contributed by atoms with Crippen molar-refractivity contribution in [1.29, 1.82) is 0 Å². The molecule has 0 atom stereocenters. The Hall–Kier alpha value is -0.480. The monoisotopic (exact) mass is 303 g/mol. The summed E-state index contributed by atoms with van der Waals surface area (Å²) in [7, 11) is 0. The van der Waals surface area contributed by atoms with E-state index < -0.39 is 0 Å². The van der Waals surface area contributed by atoms with Gasteiger partial charge in [0.05, 0.1) is 24.8 Å². The molecule has 1 fully saturated rings. The van der Waals surface area contributed by atoms with Gasteiger partial charge in [0.25, 0.3) is 0 Å². The van der Waals surface area contributed by atoms with Crippen molar-refractivity contribution in [3.8, 4) is 5.75 Å². The second kappa shape index (κ2) is 7.95. The van der Waals surface area contributed by atoms with E-state index in [0.29, 0.717) is 22.4 Å². The molecule has 1 aromatic rings. The highest BCUT2D eigenvalue weighted by atomic mass is 35.5. The van der Waals surface area contributed by atoms with Crippen LogP contribution in [0, 0.1) is 0 Å². The lowest BCUT2D eigenvalue weighted by Gasteiger charge is -2.26. The zero-order valence-electron chi connectivity index (χ0n) is 10.9. The first-order valence-corrected chi connectivity index (χ1v) is 7.39. The Morgan fingerprint density at radius 1 is 1.16 bits per heavy atom. The lowest BCUT2D eigenvalue weighted by Crippen LogP contribution is -2.36. The highest BCUT2D eigenvalue weighted by molar-refractivity contribution is 6.34. The van der Waals surface area contributed by atoms with Crippen molar-refractivity contribution in [3.63, 3.8) is 0 Å². The number of nitrogens with zero attached hydrogens (tertiary/aromatic N) is 1. The van der Waals surface area contributed by atoms with Gasteiger partial charge in [0.15, 0.2) is 0 Å². The van der Waals surface area contributed by atoms with E-state index in [0.717, 1.165) is 45.7 Å². The zero-order chi connectivity index (χ0) is 13.5. The van der Waals surface area contributed by atoms with Crippen molar-refractivity contribution in [3.05, 3.63) is 28.2 Å². The molecule has 3 nitrogen and oxygen atoms in total. The molecule has 106 valence electrons. The third kappa shape index (κ3) is 5.19. The Bertz CT molecular complexity index is 395. The van der Waals surface area contributed by atoms with Crippen LogP contribution in [0.3, 0.4) is 0 Å². The van der Waals surface area contributed by atoms with Crippen LogP contribution in [0.15, 0.2) is 18.2 Å². The number of benzene rings is 1. The Kier molecular flexibility index (Phi) is 6.24. The van der Waals surface area contributed by atoms with Crippen molar-refractivity contribution in [1.82, 2.24) is 4.90 Å². The molecule has 5 heteroatoms. The van der Waals surface area contributed by atoms with Gasteiger partial charge in [-0.15, -0.1) is 0 Å². The molecule has 0 bridgehead atoms. The molecule has 1 saturated heterocycles. The van der Waals surface area contributed by atoms with Gasteiger partial charge in [-0.25, -0.2) is 0 Å². The molecule has 0 spiro atoms. The third-order valence-corrected chi connectivity index (χ3v) is 3.67. The molecular weight excluding hydrogens is 285 g/mol. The van der Waals surface area contributed by atoms with Crippen molar-refractivity contribution >= 4 is 23.2 Å². The Labute approximate surface area is 124 Å². The molecule has 0 unspecified atom stereocenters. The van der Waals surface area contributed by atoms with Crippen LogP contribution in [0.5, 0.6) is 5.75 Å². The van der Waals surface area contributed by atoms with E-state index in [9.17, 15) is 0 Å². The number of rotatable bonds is 6. The number of hydrogen-bond acceptors (Lipinski definition) is 3. The molecule has 1 aliphatic rings. The lowest BCUT2D eigenvalue weighted by molar-refractivity contribution is 0.0368. The molecule has 1 heterocycles. The Morgan fingerprint density at radius 2 is 1.95 bits per heavy atom. The van der Waals surface area contributed by atoms with Gasteiger partial charge in [-0.2, -0.15) is 0 Å². The minimum Gasteiger partial charge on any atom is -0.492 e. The summed E-state index contributed by atoms with van der Waals surface area (Å²) >= 11 is 11.9. The smallest absolute Gasteiger partial charge is 0.139 e. The first kappa shape index (κ1) is 14.9. The van der Waals surface area contributed by atoms with Crippen LogP contribution >= 0.6 is 23.2 Å². The van der Waals surface area contributed by atoms with Crippen LogP contribution in [-0.4, -0.2) is 44.4 Å². The molecule has 0 aromatic heterocycles. The normalized spacial score (nSPS) is 16.5. The number of hydrogen-bond donors (Lipinski definition) is 0. The molecule has 0 saturated carbocycles. The van der Waals surface area contributed by atoms with Crippen molar-refractivity contribution in [2.45, 2.75) is 12.8 Å². The van der Waals surface area contributed by atoms with Crippen LogP contribution in [0.25, 0.3) is 0 Å². The molecule has 0 aliphatic carbocycles. The highest BCUT2D eigenvalue weighted by Crippen LogP contribution is 2.27. The van der Waals surface area contributed by atoms with Crippen molar-refractivity contribution in [2.75, 3.05) is 39.5 Å². The predicted molar refractivity (Wildman–Crippen MR) is 78.5 cm³/mol. The molecule has 1 aliphatic heterocycles. The average molecular weight is 304 g/mol. The minimum absolute atomic E-state index is 0.609. The summed E-state index contributed by atoms with van der Waals surface area (Å²) in [5.41, 5.74) is 0. The fourth-order valence-corrected chi connectivity index (χ4v) is 2.37. The minimum atomic E-state index is 0.609. The molecule has 1 aromatic carbocycles. The summed E-state index contributed by atoms with van der Waals surface area (Å²) in [6, 6.07) is 5.27. The Balaban J connectivity index is 1.62. The first-order chi connectivity index (χ1) is 9.25. The summed E-state index contributed by atoms with van der Waals surface area (Å²) in [6.07, 6.45) is 2.14. The van der Waals surface area contributed by atoms with Gasteiger partial charge in [0.1, 0.15) is 5.75 Å². The maximum absolute atomic E-state index is 6.03. The number of ether oxygens (including phenoxy) is 2.